The molecule has 0 heterocycles. The zero-order valence-corrected chi connectivity index (χ0v) is 32.7. The molecule has 2 rings (SSSR count). The van der Waals surface area contributed by atoms with Gasteiger partial charge in [0.1, 0.15) is 0 Å². The Balaban J connectivity index is 2.14. The molecule has 0 saturated heterocycles. The monoisotopic (exact) mass is 667 g/mol. The molecular formula is C44H74S2. The van der Waals surface area contributed by atoms with Crippen LogP contribution < -0.4 is 0 Å². The molecule has 46 heavy (non-hydrogen) atoms. The summed E-state index contributed by atoms with van der Waals surface area (Å²) in [6.07, 6.45) is 38.1. The zero-order valence-electron chi connectivity index (χ0n) is 31.1. The fourth-order valence-corrected chi connectivity index (χ4v) is 9.45. The van der Waals surface area contributed by atoms with Crippen molar-refractivity contribution in [3.8, 4) is 0 Å². The maximum Gasteiger partial charge on any atom is 0.0221 e. The standard InChI is InChI=1S/C44H74S2/c1-5-9-13-17-21-25-31-39-33-29-37-43(41(39)35-27-23-19-15-11-7-3)45-46-44-38-30-34-40(32-26-22-18-14-10-6-2)42(44)36-28-24-20-16-12-8-4/h29-30,33-34,37-38H,5-28,31-32,35-36H2,1-4H3. The van der Waals surface area contributed by atoms with Gasteiger partial charge in [0, 0.05) is 9.79 Å². The van der Waals surface area contributed by atoms with Crippen LogP contribution in [0.3, 0.4) is 0 Å². The Morgan fingerprint density at radius 3 is 0.935 bits per heavy atom. The second kappa shape index (κ2) is 29.1. The molecule has 0 aliphatic carbocycles. The van der Waals surface area contributed by atoms with Gasteiger partial charge in [-0.2, -0.15) is 0 Å². The van der Waals surface area contributed by atoms with Gasteiger partial charge in [0.05, 0.1) is 0 Å². The molecule has 0 aromatic heterocycles. The molecule has 2 heteroatoms. The Morgan fingerprint density at radius 1 is 0.326 bits per heavy atom. The van der Waals surface area contributed by atoms with Gasteiger partial charge in [-0.3, -0.25) is 0 Å². The summed E-state index contributed by atoms with van der Waals surface area (Å²) in [5.41, 5.74) is 6.62. The minimum absolute atomic E-state index is 1.25. The molecule has 0 fully saturated rings. The molecule has 262 valence electrons. The number of hydrogen-bond acceptors (Lipinski definition) is 2. The third kappa shape index (κ3) is 18.6. The second-order valence-electron chi connectivity index (χ2n) is 14.0. The Morgan fingerprint density at radius 2 is 0.609 bits per heavy atom. The van der Waals surface area contributed by atoms with Crippen molar-refractivity contribution in [1.29, 1.82) is 0 Å². The van der Waals surface area contributed by atoms with Crippen LogP contribution in [0, 0.1) is 0 Å². The van der Waals surface area contributed by atoms with Gasteiger partial charge in [-0.05, 0) is 85.8 Å². The first-order chi connectivity index (χ1) is 22.7. The molecule has 0 aliphatic heterocycles. The first-order valence-corrected chi connectivity index (χ1v) is 22.5. The first kappa shape index (κ1) is 41.3. The lowest BCUT2D eigenvalue weighted by atomic mass is 9.96. The molecule has 0 aliphatic rings. The maximum atomic E-state index is 2.46. The Bertz CT molecular complexity index is 900. The minimum Gasteiger partial charge on any atom is -0.0654 e. The average molecular weight is 667 g/mol. The molecule has 0 radical (unpaired) electrons. The molecule has 0 nitrogen and oxygen atoms in total. The van der Waals surface area contributed by atoms with Crippen molar-refractivity contribution >= 4 is 21.6 Å². The van der Waals surface area contributed by atoms with Crippen LogP contribution in [0.2, 0.25) is 0 Å². The maximum absolute atomic E-state index is 2.46. The van der Waals surface area contributed by atoms with Crippen molar-refractivity contribution in [3.63, 3.8) is 0 Å². The number of rotatable bonds is 31. The Kier molecular flexibility index (Phi) is 26.1. The van der Waals surface area contributed by atoms with Gasteiger partial charge in [0.25, 0.3) is 0 Å². The van der Waals surface area contributed by atoms with Crippen LogP contribution in [-0.2, 0) is 25.7 Å². The topological polar surface area (TPSA) is 0 Å². The van der Waals surface area contributed by atoms with Crippen molar-refractivity contribution in [2.24, 2.45) is 0 Å². The van der Waals surface area contributed by atoms with Gasteiger partial charge >= 0.3 is 0 Å². The van der Waals surface area contributed by atoms with E-state index in [0.717, 1.165) is 0 Å². The van der Waals surface area contributed by atoms with Gasteiger partial charge in [-0.15, -0.1) is 0 Å². The molecule has 2 aromatic carbocycles. The molecule has 0 saturated carbocycles. The van der Waals surface area contributed by atoms with Gasteiger partial charge in [0.2, 0.25) is 0 Å². The summed E-state index contributed by atoms with van der Waals surface area (Å²) < 4.78 is 0. The van der Waals surface area contributed by atoms with Gasteiger partial charge in [-0.1, -0.05) is 202 Å². The summed E-state index contributed by atoms with van der Waals surface area (Å²) in [7, 11) is 4.13. The van der Waals surface area contributed by atoms with E-state index in [9.17, 15) is 0 Å². The van der Waals surface area contributed by atoms with Gasteiger partial charge in [0.15, 0.2) is 0 Å². The predicted molar refractivity (Wildman–Crippen MR) is 213 cm³/mol. The third-order valence-electron chi connectivity index (χ3n) is 9.84. The van der Waals surface area contributed by atoms with E-state index in [1.165, 1.54) is 190 Å². The van der Waals surface area contributed by atoms with E-state index in [2.05, 4.69) is 85.7 Å². The van der Waals surface area contributed by atoms with Crippen molar-refractivity contribution in [2.75, 3.05) is 0 Å². The minimum atomic E-state index is 1.25. The second-order valence-corrected chi connectivity index (χ2v) is 16.2. The molecular weight excluding hydrogens is 593 g/mol. The highest BCUT2D eigenvalue weighted by Gasteiger charge is 2.14. The first-order valence-electron chi connectivity index (χ1n) is 20.3. The van der Waals surface area contributed by atoms with Crippen LogP contribution in [0.5, 0.6) is 0 Å². The van der Waals surface area contributed by atoms with E-state index in [-0.39, 0.29) is 0 Å². The van der Waals surface area contributed by atoms with Crippen molar-refractivity contribution in [1.82, 2.24) is 0 Å². The van der Waals surface area contributed by atoms with Crippen LogP contribution in [0.15, 0.2) is 46.2 Å². The average Bonchev–Trinajstić information content (AvgIpc) is 3.07. The van der Waals surface area contributed by atoms with Gasteiger partial charge in [-0.25, -0.2) is 0 Å². The van der Waals surface area contributed by atoms with E-state index < -0.39 is 0 Å². The van der Waals surface area contributed by atoms with E-state index in [1.54, 1.807) is 22.3 Å². The lowest BCUT2D eigenvalue weighted by molar-refractivity contribution is 0.597. The number of unbranched alkanes of at least 4 members (excludes halogenated alkanes) is 20. The quantitative estimate of drug-likeness (QED) is 0.0580. The van der Waals surface area contributed by atoms with Crippen LogP contribution >= 0.6 is 21.6 Å². The molecule has 0 amide bonds. The normalized spacial score (nSPS) is 11.5. The zero-order chi connectivity index (χ0) is 32.9. The van der Waals surface area contributed by atoms with E-state index in [4.69, 9.17) is 0 Å². The van der Waals surface area contributed by atoms with Crippen molar-refractivity contribution in [3.05, 3.63) is 58.7 Å². The fourth-order valence-electron chi connectivity index (χ4n) is 6.86. The fraction of sp³-hybridized carbons (Fsp3) is 0.727. The van der Waals surface area contributed by atoms with Crippen LogP contribution in [-0.4, -0.2) is 0 Å². The summed E-state index contributed by atoms with van der Waals surface area (Å²) in [5.74, 6) is 0. The molecule has 2 aromatic rings. The van der Waals surface area contributed by atoms with Crippen LogP contribution in [0.25, 0.3) is 0 Å². The molecule has 0 spiro atoms. The van der Waals surface area contributed by atoms with Crippen LogP contribution in [0.4, 0.5) is 0 Å². The van der Waals surface area contributed by atoms with Crippen LogP contribution in [0.1, 0.15) is 204 Å². The molecule has 0 unspecified atom stereocenters. The van der Waals surface area contributed by atoms with Crippen molar-refractivity contribution in [2.45, 2.75) is 217 Å². The summed E-state index contributed by atoms with van der Waals surface area (Å²) in [4.78, 5) is 3.07. The summed E-state index contributed by atoms with van der Waals surface area (Å²) in [5, 5.41) is 0. The highest BCUT2D eigenvalue weighted by Crippen LogP contribution is 2.43. The lowest BCUT2D eigenvalue weighted by Crippen LogP contribution is -1.99. The van der Waals surface area contributed by atoms with Gasteiger partial charge < -0.3 is 0 Å². The van der Waals surface area contributed by atoms with E-state index in [0.29, 0.717) is 0 Å². The van der Waals surface area contributed by atoms with E-state index in [1.807, 2.05) is 0 Å². The lowest BCUT2D eigenvalue weighted by Gasteiger charge is -2.17. The third-order valence-corrected chi connectivity index (χ3v) is 12.4. The largest absolute Gasteiger partial charge is 0.0654 e. The van der Waals surface area contributed by atoms with Crippen molar-refractivity contribution < 1.29 is 0 Å². The summed E-state index contributed by atoms with van der Waals surface area (Å²) >= 11 is 0. The Labute approximate surface area is 296 Å². The smallest absolute Gasteiger partial charge is 0.0221 e. The molecule has 0 bridgehead atoms. The highest BCUT2D eigenvalue weighted by molar-refractivity contribution is 8.76. The number of aryl methyl sites for hydroxylation is 2. The summed E-state index contributed by atoms with van der Waals surface area (Å²) in [6.45, 7) is 9.28. The van der Waals surface area contributed by atoms with E-state index >= 15 is 0 Å². The molecule has 0 N–H and O–H groups in total. The number of benzene rings is 2. The number of hydrogen-bond donors (Lipinski definition) is 0. The Hall–Kier alpha value is -0.860. The molecule has 0 atom stereocenters. The summed E-state index contributed by atoms with van der Waals surface area (Å²) in [6, 6.07) is 14.5. The SMILES string of the molecule is CCCCCCCCc1cccc(SSc2cccc(CCCCCCCC)c2CCCCCCCC)c1CCCCCCCC. The predicted octanol–water partition coefficient (Wildman–Crippen LogP) is 16.1. The highest BCUT2D eigenvalue weighted by atomic mass is 33.1.